The maximum Gasteiger partial charge on any atom is 0.192 e. The summed E-state index contributed by atoms with van der Waals surface area (Å²) in [5.74, 6) is 0.648. The van der Waals surface area contributed by atoms with Crippen LogP contribution in [0.1, 0.15) is 34.3 Å². The van der Waals surface area contributed by atoms with Gasteiger partial charge in [-0.05, 0) is 30.5 Å². The zero-order valence-corrected chi connectivity index (χ0v) is 11.1. The Kier molecular flexibility index (Phi) is 3.06. The van der Waals surface area contributed by atoms with Gasteiger partial charge in [-0.3, -0.25) is 9.59 Å². The Bertz CT molecular complexity index is 753. The number of nitrogens with one attached hydrogen (secondary N) is 1. The van der Waals surface area contributed by atoms with Gasteiger partial charge < -0.3 is 4.98 Å². The second-order valence-corrected chi connectivity index (χ2v) is 5.04. The largest absolute Gasteiger partial charge is 0.336 e. The van der Waals surface area contributed by atoms with Gasteiger partial charge in [-0.2, -0.15) is 0 Å². The van der Waals surface area contributed by atoms with Gasteiger partial charge in [0, 0.05) is 11.1 Å². The minimum absolute atomic E-state index is 0.00893. The molecule has 0 amide bonds. The molecule has 0 saturated carbocycles. The molecular formula is C16H14N2O2. The van der Waals surface area contributed by atoms with E-state index >= 15 is 0 Å². The van der Waals surface area contributed by atoms with E-state index in [0.717, 1.165) is 11.9 Å². The number of rotatable bonds is 3. The maximum absolute atomic E-state index is 12.4. The zero-order valence-electron chi connectivity index (χ0n) is 11.1. The van der Waals surface area contributed by atoms with Crippen LogP contribution in [0.2, 0.25) is 0 Å². The summed E-state index contributed by atoms with van der Waals surface area (Å²) in [6, 6.07) is 5.25. The Labute approximate surface area is 116 Å². The minimum atomic E-state index is -0.00893. The summed E-state index contributed by atoms with van der Waals surface area (Å²) < 4.78 is 0. The van der Waals surface area contributed by atoms with Gasteiger partial charge in [0.1, 0.15) is 0 Å². The van der Waals surface area contributed by atoms with Gasteiger partial charge in [-0.25, -0.2) is 4.98 Å². The first-order chi connectivity index (χ1) is 9.67. The van der Waals surface area contributed by atoms with Crippen LogP contribution in [0.4, 0.5) is 0 Å². The van der Waals surface area contributed by atoms with Crippen molar-refractivity contribution < 1.29 is 9.59 Å². The van der Waals surface area contributed by atoms with Crippen molar-refractivity contribution in [3.8, 4) is 0 Å². The number of H-pyrrole nitrogens is 1. The lowest BCUT2D eigenvalue weighted by molar-refractivity contribution is 0.103. The summed E-state index contributed by atoms with van der Waals surface area (Å²) in [6.07, 6.45) is 7.52. The Morgan fingerprint density at radius 2 is 2.30 bits per heavy atom. The normalized spacial score (nSPS) is 18.1. The Morgan fingerprint density at radius 1 is 1.45 bits per heavy atom. The zero-order chi connectivity index (χ0) is 14.1. The molecule has 4 heteroatoms. The van der Waals surface area contributed by atoms with E-state index in [4.69, 9.17) is 0 Å². The van der Waals surface area contributed by atoms with Crippen LogP contribution in [0.5, 0.6) is 0 Å². The minimum Gasteiger partial charge on any atom is -0.336 e. The van der Waals surface area contributed by atoms with Crippen molar-refractivity contribution in [3.05, 3.63) is 53.4 Å². The standard InChI is InChI=1S/C16H14N2O2/c1-10-3-2-4-11(7-10)16(20)12-5-6-13-14(8-12)18-15(9-19)17-13/h2,4-10H,3H2,1H3,(H,17,18). The molecule has 1 heterocycles. The third-order valence-electron chi connectivity index (χ3n) is 3.41. The lowest BCUT2D eigenvalue weighted by Crippen LogP contribution is -2.06. The molecule has 0 bridgehead atoms. The van der Waals surface area contributed by atoms with Crippen molar-refractivity contribution in [2.75, 3.05) is 0 Å². The van der Waals surface area contributed by atoms with E-state index in [1.54, 1.807) is 18.2 Å². The molecule has 4 nitrogen and oxygen atoms in total. The highest BCUT2D eigenvalue weighted by Gasteiger charge is 2.15. The second kappa shape index (κ2) is 4.89. The summed E-state index contributed by atoms with van der Waals surface area (Å²) >= 11 is 0. The average molecular weight is 266 g/mol. The summed E-state index contributed by atoms with van der Waals surface area (Å²) in [4.78, 5) is 30.1. The summed E-state index contributed by atoms with van der Waals surface area (Å²) in [5, 5.41) is 0. The molecule has 3 rings (SSSR count). The summed E-state index contributed by atoms with van der Waals surface area (Å²) in [5.41, 5.74) is 2.69. The highest BCUT2D eigenvalue weighted by atomic mass is 16.1. The Balaban J connectivity index is 1.99. The van der Waals surface area contributed by atoms with Crippen LogP contribution in [-0.4, -0.2) is 22.0 Å². The number of benzene rings is 1. The third kappa shape index (κ3) is 2.20. The number of imidazole rings is 1. The number of hydrogen-bond donors (Lipinski definition) is 1. The molecule has 2 aromatic rings. The molecule has 1 N–H and O–H groups in total. The number of ketones is 1. The van der Waals surface area contributed by atoms with Crippen molar-refractivity contribution in [2.24, 2.45) is 5.92 Å². The van der Waals surface area contributed by atoms with Crippen LogP contribution in [-0.2, 0) is 0 Å². The number of aromatic amines is 1. The predicted molar refractivity (Wildman–Crippen MR) is 76.8 cm³/mol. The average Bonchev–Trinajstić information content (AvgIpc) is 2.88. The fraction of sp³-hybridized carbons (Fsp3) is 0.188. The van der Waals surface area contributed by atoms with Crippen LogP contribution in [0.15, 0.2) is 42.0 Å². The van der Waals surface area contributed by atoms with E-state index in [9.17, 15) is 9.59 Å². The van der Waals surface area contributed by atoms with Crippen LogP contribution in [0.3, 0.4) is 0 Å². The van der Waals surface area contributed by atoms with Gasteiger partial charge in [0.2, 0.25) is 0 Å². The van der Waals surface area contributed by atoms with Gasteiger partial charge in [0.15, 0.2) is 17.9 Å². The molecule has 1 aliphatic rings. The van der Waals surface area contributed by atoms with Gasteiger partial charge in [-0.15, -0.1) is 0 Å². The molecule has 1 atom stereocenters. The number of allylic oxidation sites excluding steroid dienone is 4. The smallest absolute Gasteiger partial charge is 0.192 e. The molecule has 20 heavy (non-hydrogen) atoms. The number of nitrogens with zero attached hydrogens (tertiary/aromatic N) is 1. The fourth-order valence-electron chi connectivity index (χ4n) is 2.38. The van der Waals surface area contributed by atoms with E-state index in [-0.39, 0.29) is 11.6 Å². The molecule has 1 unspecified atom stereocenters. The van der Waals surface area contributed by atoms with Gasteiger partial charge in [0.05, 0.1) is 11.0 Å². The van der Waals surface area contributed by atoms with E-state index in [0.29, 0.717) is 28.9 Å². The number of hydrogen-bond acceptors (Lipinski definition) is 3. The van der Waals surface area contributed by atoms with E-state index < -0.39 is 0 Å². The molecule has 0 spiro atoms. The molecule has 0 radical (unpaired) electrons. The molecule has 100 valence electrons. The number of aldehydes is 1. The van der Waals surface area contributed by atoms with E-state index in [1.165, 1.54) is 0 Å². The summed E-state index contributed by atoms with van der Waals surface area (Å²) in [6.45, 7) is 2.09. The molecule has 0 aliphatic heterocycles. The van der Waals surface area contributed by atoms with Crippen molar-refractivity contribution in [1.29, 1.82) is 0 Å². The molecule has 0 saturated heterocycles. The predicted octanol–water partition coefficient (Wildman–Crippen LogP) is 3.08. The number of carbonyl (C=O) groups excluding carboxylic acids is 2. The SMILES string of the molecule is CC1C=C(C(=O)c2ccc3[nH]c(C=O)nc3c2)C=CC1. The maximum atomic E-state index is 12.4. The molecule has 1 aromatic heterocycles. The first-order valence-electron chi connectivity index (χ1n) is 6.55. The van der Waals surface area contributed by atoms with Crippen LogP contribution in [0, 0.1) is 5.92 Å². The topological polar surface area (TPSA) is 62.8 Å². The lowest BCUT2D eigenvalue weighted by Gasteiger charge is -2.11. The monoisotopic (exact) mass is 266 g/mol. The molecular weight excluding hydrogens is 252 g/mol. The molecule has 1 aliphatic carbocycles. The van der Waals surface area contributed by atoms with E-state index in [2.05, 4.69) is 16.9 Å². The molecule has 0 fully saturated rings. The van der Waals surface area contributed by atoms with Gasteiger partial charge in [0.25, 0.3) is 0 Å². The van der Waals surface area contributed by atoms with Crippen molar-refractivity contribution >= 4 is 23.1 Å². The van der Waals surface area contributed by atoms with Gasteiger partial charge in [-0.1, -0.05) is 25.2 Å². The van der Waals surface area contributed by atoms with Crippen molar-refractivity contribution in [1.82, 2.24) is 9.97 Å². The van der Waals surface area contributed by atoms with Gasteiger partial charge >= 0.3 is 0 Å². The number of fused-ring (bicyclic) bond motifs is 1. The van der Waals surface area contributed by atoms with E-state index in [1.807, 2.05) is 18.2 Å². The lowest BCUT2D eigenvalue weighted by atomic mass is 9.93. The summed E-state index contributed by atoms with van der Waals surface area (Å²) in [7, 11) is 0. The highest BCUT2D eigenvalue weighted by molar-refractivity contribution is 6.11. The van der Waals surface area contributed by atoms with Crippen molar-refractivity contribution in [3.63, 3.8) is 0 Å². The number of carbonyl (C=O) groups is 2. The highest BCUT2D eigenvalue weighted by Crippen LogP contribution is 2.21. The third-order valence-corrected chi connectivity index (χ3v) is 3.41. The van der Waals surface area contributed by atoms with Crippen molar-refractivity contribution in [2.45, 2.75) is 13.3 Å². The first-order valence-corrected chi connectivity index (χ1v) is 6.55. The molecule has 1 aromatic carbocycles. The fourth-order valence-corrected chi connectivity index (χ4v) is 2.38. The first kappa shape index (κ1) is 12.5. The van der Waals surface area contributed by atoms with Crippen LogP contribution in [0.25, 0.3) is 11.0 Å². The number of aromatic nitrogens is 2. The Morgan fingerprint density at radius 3 is 3.05 bits per heavy atom. The number of Topliss-reactive ketones (excluding diaryl/α,β-unsaturated/α-hetero) is 1. The van der Waals surface area contributed by atoms with Crippen LogP contribution < -0.4 is 0 Å². The second-order valence-electron chi connectivity index (χ2n) is 5.04. The quantitative estimate of drug-likeness (QED) is 0.686. The van der Waals surface area contributed by atoms with Crippen LogP contribution >= 0.6 is 0 Å². The Hall–Kier alpha value is -2.49.